The summed E-state index contributed by atoms with van der Waals surface area (Å²) in [6.45, 7) is 5.99. The van der Waals surface area contributed by atoms with E-state index in [1.165, 1.54) is 0 Å². The largest absolute Gasteiger partial charge is 0.464 e. The number of carbonyl (C=O) groups is 2. The molecule has 0 unspecified atom stereocenters. The lowest BCUT2D eigenvalue weighted by molar-refractivity contribution is -0.145. The fourth-order valence-electron chi connectivity index (χ4n) is 3.03. The van der Waals surface area contributed by atoms with E-state index in [-0.39, 0.29) is 12.4 Å². The lowest BCUT2D eigenvalue weighted by atomic mass is 9.85. The molecule has 0 aromatic heterocycles. The monoisotopic (exact) mass is 350 g/mol. The van der Waals surface area contributed by atoms with Crippen molar-refractivity contribution in [1.29, 1.82) is 0 Å². The second-order valence-corrected chi connectivity index (χ2v) is 6.44. The quantitative estimate of drug-likeness (QED) is 0.664. The van der Waals surface area contributed by atoms with Crippen LogP contribution in [0, 0.1) is 13.8 Å². The maximum Gasteiger partial charge on any atom is 0.331 e. The number of carbonyl (C=O) groups excluding carboxylic acids is 2. The average molecular weight is 350 g/mol. The molecule has 0 fully saturated rings. The Bertz CT molecular complexity index is 839. The van der Waals surface area contributed by atoms with Crippen molar-refractivity contribution in [3.63, 3.8) is 0 Å². The van der Waals surface area contributed by atoms with E-state index in [0.717, 1.165) is 16.7 Å². The van der Waals surface area contributed by atoms with Crippen molar-refractivity contribution in [1.82, 2.24) is 5.43 Å². The Balaban J connectivity index is 1.97. The molecule has 134 valence electrons. The Morgan fingerprint density at radius 2 is 1.58 bits per heavy atom. The van der Waals surface area contributed by atoms with E-state index >= 15 is 0 Å². The van der Waals surface area contributed by atoms with E-state index < -0.39 is 17.9 Å². The van der Waals surface area contributed by atoms with Crippen LogP contribution in [0.25, 0.3) is 0 Å². The molecule has 1 heterocycles. The zero-order valence-corrected chi connectivity index (χ0v) is 15.2. The minimum absolute atomic E-state index is 0.185. The number of Topliss-reactive ketones (excluding diaryl/α,β-unsaturated/α-hetero) is 1. The number of nitrogens with one attached hydrogen (secondary N) is 1. The highest BCUT2D eigenvalue weighted by molar-refractivity contribution is 6.48. The highest BCUT2D eigenvalue weighted by Gasteiger charge is 2.41. The van der Waals surface area contributed by atoms with Gasteiger partial charge in [-0.25, -0.2) is 4.79 Å². The minimum Gasteiger partial charge on any atom is -0.464 e. The van der Waals surface area contributed by atoms with Crippen LogP contribution in [-0.2, 0) is 9.53 Å². The van der Waals surface area contributed by atoms with Crippen molar-refractivity contribution in [2.45, 2.75) is 32.7 Å². The molecular weight excluding hydrogens is 328 g/mol. The van der Waals surface area contributed by atoms with Gasteiger partial charge in [0.05, 0.1) is 12.5 Å². The predicted molar refractivity (Wildman–Crippen MR) is 100 cm³/mol. The second-order valence-electron chi connectivity index (χ2n) is 6.44. The van der Waals surface area contributed by atoms with Crippen LogP contribution >= 0.6 is 0 Å². The first-order chi connectivity index (χ1) is 12.5. The van der Waals surface area contributed by atoms with E-state index in [4.69, 9.17) is 4.74 Å². The summed E-state index contributed by atoms with van der Waals surface area (Å²) in [4.78, 5) is 25.4. The van der Waals surface area contributed by atoms with Crippen LogP contribution in [0.15, 0.2) is 53.6 Å². The van der Waals surface area contributed by atoms with Crippen molar-refractivity contribution in [2.24, 2.45) is 5.10 Å². The number of ether oxygens (including phenoxy) is 1. The summed E-state index contributed by atoms with van der Waals surface area (Å²) in [6, 6.07) is 14.4. The Kier molecular flexibility index (Phi) is 5.16. The Hall–Kier alpha value is -2.95. The summed E-state index contributed by atoms with van der Waals surface area (Å²) >= 11 is 0. The van der Waals surface area contributed by atoms with Crippen LogP contribution in [0.3, 0.4) is 0 Å². The van der Waals surface area contributed by atoms with Gasteiger partial charge in [-0.3, -0.25) is 10.2 Å². The van der Waals surface area contributed by atoms with Gasteiger partial charge in [-0.2, -0.15) is 5.10 Å². The zero-order valence-electron chi connectivity index (χ0n) is 15.2. The van der Waals surface area contributed by atoms with Gasteiger partial charge in [0.25, 0.3) is 0 Å². The van der Waals surface area contributed by atoms with E-state index in [1.807, 2.05) is 50.2 Å². The Labute approximate surface area is 153 Å². The molecule has 2 atom stereocenters. The van der Waals surface area contributed by atoms with Crippen LogP contribution in [-0.4, -0.2) is 30.1 Å². The van der Waals surface area contributed by atoms with Gasteiger partial charge in [0.2, 0.25) is 5.78 Å². The third-order valence-corrected chi connectivity index (χ3v) is 4.48. The third kappa shape index (κ3) is 3.52. The average Bonchev–Trinajstić information content (AvgIpc) is 3.08. The molecule has 26 heavy (non-hydrogen) atoms. The van der Waals surface area contributed by atoms with Gasteiger partial charge in [0.15, 0.2) is 6.04 Å². The number of esters is 1. The molecule has 0 spiro atoms. The molecule has 1 aliphatic heterocycles. The molecule has 0 saturated carbocycles. The number of rotatable bonds is 5. The summed E-state index contributed by atoms with van der Waals surface area (Å²) in [5.74, 6) is -1.08. The number of nitrogens with zero attached hydrogens (tertiary/aromatic N) is 1. The van der Waals surface area contributed by atoms with Crippen molar-refractivity contribution in [3.05, 3.63) is 70.8 Å². The molecular formula is C21H22N2O3. The van der Waals surface area contributed by atoms with E-state index in [9.17, 15) is 9.59 Å². The molecule has 2 aromatic carbocycles. The molecule has 1 aliphatic rings. The van der Waals surface area contributed by atoms with E-state index in [2.05, 4.69) is 10.5 Å². The molecule has 5 heteroatoms. The number of hydrazone groups is 1. The fraction of sp³-hybridized carbons (Fsp3) is 0.286. The number of hydrogen-bond donors (Lipinski definition) is 1. The van der Waals surface area contributed by atoms with Gasteiger partial charge in [-0.15, -0.1) is 0 Å². The predicted octanol–water partition coefficient (Wildman–Crippen LogP) is 3.16. The van der Waals surface area contributed by atoms with Crippen molar-refractivity contribution in [3.8, 4) is 0 Å². The van der Waals surface area contributed by atoms with Crippen molar-refractivity contribution < 1.29 is 14.3 Å². The Morgan fingerprint density at radius 1 is 1.00 bits per heavy atom. The first-order valence-corrected chi connectivity index (χ1v) is 8.69. The van der Waals surface area contributed by atoms with Crippen LogP contribution < -0.4 is 5.43 Å². The molecule has 2 aromatic rings. The highest BCUT2D eigenvalue weighted by atomic mass is 16.5. The molecule has 0 amide bonds. The molecule has 3 rings (SSSR count). The summed E-state index contributed by atoms with van der Waals surface area (Å²) in [5, 5.41) is 4.22. The fourth-order valence-corrected chi connectivity index (χ4v) is 3.03. The summed E-state index contributed by atoms with van der Waals surface area (Å²) in [6.07, 6.45) is 0. The molecule has 0 bridgehead atoms. The van der Waals surface area contributed by atoms with Gasteiger partial charge in [0.1, 0.15) is 5.71 Å². The maximum atomic E-state index is 13.0. The first kappa shape index (κ1) is 17.9. The van der Waals surface area contributed by atoms with Crippen LogP contribution in [0.2, 0.25) is 0 Å². The van der Waals surface area contributed by atoms with Gasteiger partial charge in [-0.05, 0) is 26.3 Å². The van der Waals surface area contributed by atoms with Crippen molar-refractivity contribution >= 4 is 17.5 Å². The number of benzene rings is 2. The summed E-state index contributed by atoms with van der Waals surface area (Å²) in [5.41, 5.74) is 6.73. The zero-order chi connectivity index (χ0) is 18.7. The van der Waals surface area contributed by atoms with Crippen LogP contribution in [0.4, 0.5) is 0 Å². The molecule has 5 nitrogen and oxygen atoms in total. The molecule has 0 aliphatic carbocycles. The minimum atomic E-state index is -0.706. The van der Waals surface area contributed by atoms with E-state index in [0.29, 0.717) is 11.3 Å². The SMILES string of the molecule is CCOC(=O)[C@@H]1NN=C(C(=O)c2ccc(C)cc2)[C@@H]1c1ccc(C)cc1. The molecule has 0 saturated heterocycles. The topological polar surface area (TPSA) is 67.8 Å². The first-order valence-electron chi connectivity index (χ1n) is 8.69. The third-order valence-electron chi connectivity index (χ3n) is 4.48. The second kappa shape index (κ2) is 7.52. The Morgan fingerprint density at radius 3 is 2.15 bits per heavy atom. The summed E-state index contributed by atoms with van der Waals surface area (Å²) < 4.78 is 5.16. The molecule has 0 radical (unpaired) electrons. The number of hydrogen-bond acceptors (Lipinski definition) is 5. The van der Waals surface area contributed by atoms with Crippen LogP contribution in [0.1, 0.15) is 39.9 Å². The highest BCUT2D eigenvalue weighted by Crippen LogP contribution is 2.29. The van der Waals surface area contributed by atoms with Crippen molar-refractivity contribution in [2.75, 3.05) is 6.61 Å². The summed E-state index contributed by atoms with van der Waals surface area (Å²) in [7, 11) is 0. The van der Waals surface area contributed by atoms with Gasteiger partial charge in [-0.1, -0.05) is 59.7 Å². The number of ketones is 1. The van der Waals surface area contributed by atoms with Gasteiger partial charge >= 0.3 is 5.97 Å². The number of aryl methyl sites for hydroxylation is 2. The standard InChI is InChI=1S/C21H22N2O3/c1-4-26-21(25)19-17(15-9-5-13(2)6-10-15)18(22-23-19)20(24)16-11-7-14(3)8-12-16/h5-12,17,19,23H,4H2,1-3H3/t17-,19+/m0/s1. The van der Waals surface area contributed by atoms with E-state index in [1.54, 1.807) is 19.1 Å². The lowest BCUT2D eigenvalue weighted by Gasteiger charge is -2.19. The van der Waals surface area contributed by atoms with Crippen LogP contribution in [0.5, 0.6) is 0 Å². The smallest absolute Gasteiger partial charge is 0.331 e. The maximum absolute atomic E-state index is 13.0. The van der Waals surface area contributed by atoms with Gasteiger partial charge < -0.3 is 4.74 Å². The van der Waals surface area contributed by atoms with Gasteiger partial charge in [0, 0.05) is 5.56 Å². The normalized spacial score (nSPS) is 18.8. The molecule has 1 N–H and O–H groups in total. The lowest BCUT2D eigenvalue weighted by Crippen LogP contribution is -2.38.